The van der Waals surface area contributed by atoms with Gasteiger partial charge in [0.25, 0.3) is 5.89 Å². The molecule has 1 aliphatic rings. The predicted octanol–water partition coefficient (Wildman–Crippen LogP) is 4.97. The van der Waals surface area contributed by atoms with Crippen molar-refractivity contribution in [3.05, 3.63) is 63.4 Å². The van der Waals surface area contributed by atoms with Crippen molar-refractivity contribution in [3.63, 3.8) is 0 Å². The van der Waals surface area contributed by atoms with Crippen LogP contribution in [0.1, 0.15) is 24.2 Å². The van der Waals surface area contributed by atoms with Crippen molar-refractivity contribution in [2.75, 3.05) is 5.32 Å². The lowest BCUT2D eigenvalue weighted by Gasteiger charge is -2.16. The lowest BCUT2D eigenvalue weighted by Crippen LogP contribution is -2.13. The van der Waals surface area contributed by atoms with E-state index in [-0.39, 0.29) is 11.5 Å². The molecule has 138 valence electrons. The highest BCUT2D eigenvalue weighted by Gasteiger charge is 2.52. The summed E-state index contributed by atoms with van der Waals surface area (Å²) in [5.41, 5.74) is 0.759. The van der Waals surface area contributed by atoms with E-state index in [1.807, 2.05) is 0 Å². The molecule has 5 nitrogen and oxygen atoms in total. The molecule has 1 N–H and O–H groups in total. The Morgan fingerprint density at radius 2 is 1.81 bits per heavy atom. The number of halogens is 4. The van der Waals surface area contributed by atoms with Crippen LogP contribution in [0.3, 0.4) is 0 Å². The zero-order chi connectivity index (χ0) is 19.2. The van der Waals surface area contributed by atoms with Gasteiger partial charge in [0.05, 0.1) is 5.41 Å². The van der Waals surface area contributed by atoms with Gasteiger partial charge < -0.3 is 9.84 Å². The topological polar surface area (TPSA) is 68.0 Å². The van der Waals surface area contributed by atoms with Gasteiger partial charge in [-0.15, -0.1) is 0 Å². The van der Waals surface area contributed by atoms with E-state index >= 15 is 0 Å². The Morgan fingerprint density at radius 1 is 1.11 bits per heavy atom. The van der Waals surface area contributed by atoms with Gasteiger partial charge in [0.15, 0.2) is 17.5 Å². The second kappa shape index (κ2) is 6.58. The highest BCUT2D eigenvalue weighted by molar-refractivity contribution is 6.37. The van der Waals surface area contributed by atoms with Crippen LogP contribution >= 0.6 is 23.2 Å². The summed E-state index contributed by atoms with van der Waals surface area (Å²) in [5.74, 6) is -1.53. The number of nitrogens with zero attached hydrogens (tertiary/aromatic N) is 2. The number of hydrogen-bond donors (Lipinski definition) is 1. The zero-order valence-electron chi connectivity index (χ0n) is 13.6. The van der Waals surface area contributed by atoms with Crippen molar-refractivity contribution < 1.29 is 18.1 Å². The third kappa shape index (κ3) is 3.07. The monoisotopic (exact) mass is 409 g/mol. The van der Waals surface area contributed by atoms with Gasteiger partial charge in [-0.2, -0.15) is 4.98 Å². The fourth-order valence-electron chi connectivity index (χ4n) is 3.06. The van der Waals surface area contributed by atoms with E-state index in [9.17, 15) is 13.6 Å². The van der Waals surface area contributed by atoms with Crippen LogP contribution in [0.4, 0.5) is 14.5 Å². The van der Waals surface area contributed by atoms with Gasteiger partial charge in [-0.1, -0.05) is 28.4 Å². The first-order valence-corrected chi connectivity index (χ1v) is 8.69. The summed E-state index contributed by atoms with van der Waals surface area (Å²) < 4.78 is 31.8. The van der Waals surface area contributed by atoms with Gasteiger partial charge in [-0.25, -0.2) is 8.78 Å². The van der Waals surface area contributed by atoms with Crippen LogP contribution in [0.15, 0.2) is 34.9 Å². The van der Waals surface area contributed by atoms with Crippen LogP contribution in [0.25, 0.3) is 11.5 Å². The highest BCUT2D eigenvalue weighted by atomic mass is 35.5. The van der Waals surface area contributed by atoms with Gasteiger partial charge in [0.2, 0.25) is 6.41 Å². The minimum absolute atomic E-state index is 0.0710. The molecule has 9 heteroatoms. The Labute approximate surface area is 162 Å². The van der Waals surface area contributed by atoms with Crippen LogP contribution in [0.2, 0.25) is 10.0 Å². The third-order valence-corrected chi connectivity index (χ3v) is 5.11. The fraction of sp³-hybridized carbons (Fsp3) is 0.167. The maximum absolute atomic E-state index is 13.5. The molecular formula is C18H11Cl2F2N3O2. The van der Waals surface area contributed by atoms with E-state index in [1.54, 1.807) is 12.1 Å². The molecule has 0 atom stereocenters. The van der Waals surface area contributed by atoms with Gasteiger partial charge in [-0.05, 0) is 43.2 Å². The lowest BCUT2D eigenvalue weighted by molar-refractivity contribution is -0.105. The SMILES string of the molecule is O=CNc1cc(Cl)c(C2(c3noc(-c4ccc(F)c(F)c4)n3)CC2)c(Cl)c1. The Balaban J connectivity index is 1.73. The molecule has 2 aromatic carbocycles. The van der Waals surface area contributed by atoms with Crippen LogP contribution in [-0.4, -0.2) is 16.6 Å². The van der Waals surface area contributed by atoms with E-state index < -0.39 is 17.0 Å². The number of nitrogens with one attached hydrogen (secondary N) is 1. The molecule has 0 spiro atoms. The average molecular weight is 410 g/mol. The summed E-state index contributed by atoms with van der Waals surface area (Å²) in [5, 5.41) is 7.23. The first-order chi connectivity index (χ1) is 12.9. The predicted molar refractivity (Wildman–Crippen MR) is 95.8 cm³/mol. The summed E-state index contributed by atoms with van der Waals surface area (Å²) in [7, 11) is 0. The minimum atomic E-state index is -1.00. The molecule has 4 rings (SSSR count). The molecule has 0 radical (unpaired) electrons. The summed E-state index contributed by atoms with van der Waals surface area (Å²) in [6, 6.07) is 6.52. The van der Waals surface area contributed by atoms with Crippen LogP contribution in [0, 0.1) is 11.6 Å². The number of carbonyl (C=O) groups excluding carboxylic acids is 1. The van der Waals surface area contributed by atoms with Gasteiger partial charge >= 0.3 is 0 Å². The number of rotatable bonds is 5. The summed E-state index contributed by atoms with van der Waals surface area (Å²) >= 11 is 12.8. The van der Waals surface area contributed by atoms with Crippen molar-refractivity contribution in [1.82, 2.24) is 10.1 Å². The standard InChI is InChI=1S/C18H11Cl2F2N3O2/c19-11-6-10(23-8-26)7-12(20)15(11)18(3-4-18)17-24-16(27-25-17)9-1-2-13(21)14(22)5-9/h1-2,5-8H,3-4H2,(H,23,26). The van der Waals surface area contributed by atoms with Crippen LogP contribution in [-0.2, 0) is 10.2 Å². The molecule has 1 saturated carbocycles. The maximum atomic E-state index is 13.5. The Bertz CT molecular complexity index is 1030. The van der Waals surface area contributed by atoms with Crippen molar-refractivity contribution in [1.29, 1.82) is 0 Å². The molecule has 1 aromatic heterocycles. The lowest BCUT2D eigenvalue weighted by atomic mass is 9.94. The fourth-order valence-corrected chi connectivity index (χ4v) is 3.91. The molecular weight excluding hydrogens is 399 g/mol. The second-order valence-electron chi connectivity index (χ2n) is 6.21. The molecule has 1 aliphatic carbocycles. The number of hydrogen-bond acceptors (Lipinski definition) is 4. The third-order valence-electron chi connectivity index (χ3n) is 4.52. The van der Waals surface area contributed by atoms with Gasteiger partial charge in [0, 0.05) is 26.9 Å². The first-order valence-electron chi connectivity index (χ1n) is 7.94. The Morgan fingerprint density at radius 3 is 2.41 bits per heavy atom. The molecule has 3 aromatic rings. The van der Waals surface area contributed by atoms with E-state index in [2.05, 4.69) is 15.5 Å². The van der Waals surface area contributed by atoms with E-state index in [4.69, 9.17) is 27.7 Å². The molecule has 1 amide bonds. The first kappa shape index (κ1) is 17.9. The maximum Gasteiger partial charge on any atom is 0.258 e. The number of anilines is 1. The molecule has 0 unspecified atom stereocenters. The number of carbonyl (C=O) groups is 1. The second-order valence-corrected chi connectivity index (χ2v) is 7.03. The van der Waals surface area contributed by atoms with E-state index in [0.717, 1.165) is 12.1 Å². The highest BCUT2D eigenvalue weighted by Crippen LogP contribution is 2.57. The van der Waals surface area contributed by atoms with Crippen molar-refractivity contribution in [2.24, 2.45) is 0 Å². The Hall–Kier alpha value is -2.51. The normalized spacial score (nSPS) is 14.8. The van der Waals surface area contributed by atoms with E-state index in [1.165, 1.54) is 6.07 Å². The van der Waals surface area contributed by atoms with Crippen LogP contribution < -0.4 is 5.32 Å². The number of benzene rings is 2. The minimum Gasteiger partial charge on any atom is -0.334 e. The molecule has 1 fully saturated rings. The molecule has 0 bridgehead atoms. The Kier molecular flexibility index (Phi) is 4.36. The summed E-state index contributed by atoms with van der Waals surface area (Å²) in [6.07, 6.45) is 1.93. The number of aromatic nitrogens is 2. The van der Waals surface area contributed by atoms with Crippen LogP contribution in [0.5, 0.6) is 0 Å². The largest absolute Gasteiger partial charge is 0.334 e. The van der Waals surface area contributed by atoms with Crippen molar-refractivity contribution in [2.45, 2.75) is 18.3 Å². The number of amides is 1. The summed E-state index contributed by atoms with van der Waals surface area (Å²) in [6.45, 7) is 0. The summed E-state index contributed by atoms with van der Waals surface area (Å²) in [4.78, 5) is 15.0. The molecule has 0 saturated heterocycles. The molecule has 27 heavy (non-hydrogen) atoms. The molecule has 0 aliphatic heterocycles. The zero-order valence-corrected chi connectivity index (χ0v) is 15.1. The smallest absolute Gasteiger partial charge is 0.258 e. The quantitative estimate of drug-likeness (QED) is 0.604. The van der Waals surface area contributed by atoms with Crippen molar-refractivity contribution >= 4 is 35.3 Å². The van der Waals surface area contributed by atoms with Gasteiger partial charge in [0.1, 0.15) is 0 Å². The average Bonchev–Trinajstić information content (AvgIpc) is 3.24. The molecule has 1 heterocycles. The van der Waals surface area contributed by atoms with E-state index in [0.29, 0.717) is 46.4 Å². The van der Waals surface area contributed by atoms with Gasteiger partial charge in [-0.3, -0.25) is 4.79 Å². The van der Waals surface area contributed by atoms with Crippen molar-refractivity contribution in [3.8, 4) is 11.5 Å².